The van der Waals surface area contributed by atoms with Crippen molar-refractivity contribution in [3.05, 3.63) is 35.4 Å². The van der Waals surface area contributed by atoms with Crippen molar-refractivity contribution < 1.29 is 19.8 Å². The van der Waals surface area contributed by atoms with Crippen LogP contribution >= 0.6 is 0 Å². The Morgan fingerprint density at radius 2 is 1.67 bits per heavy atom. The minimum atomic E-state index is -0.980. The van der Waals surface area contributed by atoms with E-state index in [0.717, 1.165) is 5.56 Å². The fraction of sp³-hybridized carbons (Fsp3) is 0.500. The molecule has 0 saturated heterocycles. The lowest BCUT2D eigenvalue weighted by atomic mass is 9.86. The van der Waals surface area contributed by atoms with Gasteiger partial charge in [-0.25, -0.2) is 0 Å². The van der Waals surface area contributed by atoms with Gasteiger partial charge in [-0.2, -0.15) is 0 Å². The van der Waals surface area contributed by atoms with Crippen molar-refractivity contribution in [3.63, 3.8) is 0 Å². The zero-order valence-electron chi connectivity index (χ0n) is 13.0. The number of hydrogen-bond donors (Lipinski definition) is 2. The zero-order valence-corrected chi connectivity index (χ0v) is 13.0. The van der Waals surface area contributed by atoms with Crippen LogP contribution in [0.25, 0.3) is 0 Å². The van der Waals surface area contributed by atoms with Crippen LogP contribution in [0.3, 0.4) is 0 Å². The van der Waals surface area contributed by atoms with Crippen LogP contribution in [-0.2, 0) is 15.0 Å². The highest BCUT2D eigenvalue weighted by molar-refractivity contribution is 5.75. The fourth-order valence-electron chi connectivity index (χ4n) is 2.15. The summed E-state index contributed by atoms with van der Waals surface area (Å²) >= 11 is 0. The first-order valence-corrected chi connectivity index (χ1v) is 6.88. The molecule has 0 fully saturated rings. The van der Waals surface area contributed by atoms with E-state index >= 15 is 0 Å². The first-order chi connectivity index (χ1) is 9.62. The minimum Gasteiger partial charge on any atom is -0.481 e. The first-order valence-electron chi connectivity index (χ1n) is 6.88. The van der Waals surface area contributed by atoms with Gasteiger partial charge in [0, 0.05) is 6.54 Å². The van der Waals surface area contributed by atoms with Gasteiger partial charge in [-0.05, 0) is 23.6 Å². The third-order valence-electron chi connectivity index (χ3n) is 3.45. The van der Waals surface area contributed by atoms with Gasteiger partial charge in [-0.1, -0.05) is 45.0 Å². The zero-order chi connectivity index (χ0) is 16.2. The third kappa shape index (κ3) is 4.86. The lowest BCUT2D eigenvalue weighted by Gasteiger charge is -2.25. The van der Waals surface area contributed by atoms with E-state index in [0.29, 0.717) is 5.56 Å². The molecule has 0 saturated carbocycles. The quantitative estimate of drug-likeness (QED) is 0.842. The van der Waals surface area contributed by atoms with Crippen LogP contribution < -0.4 is 0 Å². The van der Waals surface area contributed by atoms with Gasteiger partial charge in [0.05, 0.1) is 6.42 Å². The molecular weight excluding hydrogens is 270 g/mol. The number of carboxylic acids is 2. The van der Waals surface area contributed by atoms with Gasteiger partial charge < -0.3 is 10.2 Å². The van der Waals surface area contributed by atoms with Crippen LogP contribution in [0.1, 0.15) is 44.4 Å². The van der Waals surface area contributed by atoms with Crippen molar-refractivity contribution >= 4 is 11.9 Å². The van der Waals surface area contributed by atoms with Crippen molar-refractivity contribution in [1.29, 1.82) is 0 Å². The molecule has 2 N–H and O–H groups in total. The summed E-state index contributed by atoms with van der Waals surface area (Å²) in [7, 11) is 1.62. The molecule has 1 atom stereocenters. The summed E-state index contributed by atoms with van der Waals surface area (Å²) in [5.74, 6) is -1.92. The van der Waals surface area contributed by atoms with Gasteiger partial charge in [0.25, 0.3) is 0 Å². The molecule has 116 valence electrons. The van der Waals surface area contributed by atoms with Crippen molar-refractivity contribution in [2.75, 3.05) is 13.6 Å². The van der Waals surface area contributed by atoms with Gasteiger partial charge in [-0.3, -0.25) is 14.5 Å². The number of carboxylic acid groups (broad SMARTS) is 2. The molecule has 0 heterocycles. The Morgan fingerprint density at radius 1 is 1.14 bits per heavy atom. The molecule has 0 radical (unpaired) electrons. The average Bonchev–Trinajstić information content (AvgIpc) is 2.35. The SMILES string of the molecule is CN(CCC(=O)O)C(C(=O)O)c1ccc(C(C)(C)C)cc1. The molecule has 0 spiro atoms. The Bertz CT molecular complexity index is 502. The largest absolute Gasteiger partial charge is 0.481 e. The summed E-state index contributed by atoms with van der Waals surface area (Å²) < 4.78 is 0. The summed E-state index contributed by atoms with van der Waals surface area (Å²) in [6.45, 7) is 6.47. The second-order valence-corrected chi connectivity index (χ2v) is 6.24. The first kappa shape index (κ1) is 17.2. The lowest BCUT2D eigenvalue weighted by molar-refractivity contribution is -0.144. The van der Waals surface area contributed by atoms with E-state index in [9.17, 15) is 14.7 Å². The summed E-state index contributed by atoms with van der Waals surface area (Å²) in [4.78, 5) is 23.6. The van der Waals surface area contributed by atoms with E-state index in [1.807, 2.05) is 12.1 Å². The molecule has 0 bridgehead atoms. The number of hydrogen-bond acceptors (Lipinski definition) is 3. The molecule has 0 aromatic heterocycles. The van der Waals surface area contributed by atoms with Gasteiger partial charge in [-0.15, -0.1) is 0 Å². The normalized spacial score (nSPS) is 13.2. The summed E-state index contributed by atoms with van der Waals surface area (Å²) in [5, 5.41) is 18.1. The molecule has 0 aliphatic heterocycles. The number of rotatable bonds is 6. The van der Waals surface area contributed by atoms with Crippen LogP contribution in [0.2, 0.25) is 0 Å². The van der Waals surface area contributed by atoms with E-state index in [2.05, 4.69) is 20.8 Å². The number of nitrogens with zero attached hydrogens (tertiary/aromatic N) is 1. The van der Waals surface area contributed by atoms with E-state index in [-0.39, 0.29) is 18.4 Å². The van der Waals surface area contributed by atoms with E-state index < -0.39 is 18.0 Å². The van der Waals surface area contributed by atoms with Crippen LogP contribution in [0.4, 0.5) is 0 Å². The Kier molecular flexibility index (Phi) is 5.49. The van der Waals surface area contributed by atoms with E-state index in [4.69, 9.17) is 5.11 Å². The Hall–Kier alpha value is -1.88. The predicted octanol–water partition coefficient (Wildman–Crippen LogP) is 2.52. The number of likely N-dealkylation sites (N-methyl/N-ethyl adjacent to an activating group) is 1. The summed E-state index contributed by atoms with van der Waals surface area (Å²) in [6.07, 6.45) is -0.0830. The van der Waals surface area contributed by atoms with Gasteiger partial charge in [0.2, 0.25) is 0 Å². The second kappa shape index (κ2) is 6.72. The summed E-state index contributed by atoms with van der Waals surface area (Å²) in [5.41, 5.74) is 1.79. The van der Waals surface area contributed by atoms with Crippen LogP contribution in [-0.4, -0.2) is 40.6 Å². The van der Waals surface area contributed by atoms with Gasteiger partial charge >= 0.3 is 11.9 Å². The number of benzene rings is 1. The highest BCUT2D eigenvalue weighted by atomic mass is 16.4. The Labute approximate surface area is 125 Å². The highest BCUT2D eigenvalue weighted by Crippen LogP contribution is 2.26. The molecule has 0 aliphatic rings. The molecule has 1 aromatic carbocycles. The van der Waals surface area contributed by atoms with E-state index in [1.165, 1.54) is 0 Å². The molecule has 5 nitrogen and oxygen atoms in total. The second-order valence-electron chi connectivity index (χ2n) is 6.24. The number of carbonyl (C=O) groups is 2. The molecule has 1 aromatic rings. The number of aliphatic carboxylic acids is 2. The van der Waals surface area contributed by atoms with Crippen molar-refractivity contribution in [2.45, 2.75) is 38.6 Å². The summed E-state index contributed by atoms with van der Waals surface area (Å²) in [6, 6.07) is 6.62. The maximum Gasteiger partial charge on any atom is 0.325 e. The van der Waals surface area contributed by atoms with Crippen molar-refractivity contribution in [3.8, 4) is 0 Å². The molecule has 0 amide bonds. The standard InChI is InChI=1S/C16H23NO4/c1-16(2,3)12-7-5-11(6-8-12)14(15(20)21)17(4)10-9-13(18)19/h5-8,14H,9-10H2,1-4H3,(H,18,19)(H,20,21). The molecule has 1 rings (SSSR count). The third-order valence-corrected chi connectivity index (χ3v) is 3.45. The van der Waals surface area contributed by atoms with Crippen LogP contribution in [0.15, 0.2) is 24.3 Å². The van der Waals surface area contributed by atoms with Crippen molar-refractivity contribution in [1.82, 2.24) is 4.90 Å². The Morgan fingerprint density at radius 3 is 2.05 bits per heavy atom. The molecular formula is C16H23NO4. The highest BCUT2D eigenvalue weighted by Gasteiger charge is 2.25. The average molecular weight is 293 g/mol. The Balaban J connectivity index is 2.96. The maximum atomic E-state index is 11.5. The molecule has 0 aliphatic carbocycles. The van der Waals surface area contributed by atoms with E-state index in [1.54, 1.807) is 24.1 Å². The van der Waals surface area contributed by atoms with Gasteiger partial charge in [0.1, 0.15) is 6.04 Å². The molecule has 21 heavy (non-hydrogen) atoms. The predicted molar refractivity (Wildman–Crippen MR) is 80.4 cm³/mol. The molecule has 5 heteroatoms. The van der Waals surface area contributed by atoms with Crippen LogP contribution in [0, 0.1) is 0 Å². The molecule has 1 unspecified atom stereocenters. The smallest absolute Gasteiger partial charge is 0.325 e. The topological polar surface area (TPSA) is 77.8 Å². The van der Waals surface area contributed by atoms with Crippen molar-refractivity contribution in [2.24, 2.45) is 0 Å². The lowest BCUT2D eigenvalue weighted by Crippen LogP contribution is -2.32. The van der Waals surface area contributed by atoms with Crippen LogP contribution in [0.5, 0.6) is 0 Å². The van der Waals surface area contributed by atoms with Gasteiger partial charge in [0.15, 0.2) is 0 Å². The monoisotopic (exact) mass is 293 g/mol. The minimum absolute atomic E-state index is 0.00641. The fourth-order valence-corrected chi connectivity index (χ4v) is 2.15. The maximum absolute atomic E-state index is 11.5.